The van der Waals surface area contributed by atoms with E-state index in [0.29, 0.717) is 13.0 Å². The molecule has 4 N–H and O–H groups in total. The predicted octanol–water partition coefficient (Wildman–Crippen LogP) is 1.31. The molecule has 0 aliphatic carbocycles. The first-order valence-corrected chi connectivity index (χ1v) is 5.83. The summed E-state index contributed by atoms with van der Waals surface area (Å²) in [5.41, 5.74) is 7.56. The molecule has 0 aliphatic rings. The minimum Gasteiger partial charge on any atom is -0.508 e. The Kier molecular flexibility index (Phi) is 3.53. The molecule has 1 atom stereocenters. The van der Waals surface area contributed by atoms with E-state index in [1.165, 1.54) is 0 Å². The first-order valence-electron chi connectivity index (χ1n) is 5.83. The monoisotopic (exact) mass is 248 g/mol. The summed E-state index contributed by atoms with van der Waals surface area (Å²) in [5, 5.41) is 10.3. The fourth-order valence-corrected chi connectivity index (χ4v) is 1.90. The largest absolute Gasteiger partial charge is 0.508 e. The number of H-pyrrole nitrogens is 1. The number of carbonyl (C=O) groups excluding carboxylic acids is 1. The fraction of sp³-hybridized carbons (Fsp3) is 0.308. The Balaban J connectivity index is 2.21. The molecule has 0 bridgehead atoms. The molecule has 0 amide bonds. The number of esters is 1. The van der Waals surface area contributed by atoms with Crippen LogP contribution in [0.4, 0.5) is 0 Å². The molecule has 0 unspecified atom stereocenters. The van der Waals surface area contributed by atoms with E-state index in [4.69, 9.17) is 10.5 Å². The number of nitrogens with one attached hydrogen (secondary N) is 1. The van der Waals surface area contributed by atoms with Gasteiger partial charge in [0.2, 0.25) is 0 Å². The van der Waals surface area contributed by atoms with Crippen LogP contribution in [0.15, 0.2) is 24.4 Å². The molecular formula is C13H16N2O3. The Bertz CT molecular complexity index is 562. The number of aromatic nitrogens is 1. The van der Waals surface area contributed by atoms with Crippen LogP contribution in [-0.4, -0.2) is 28.7 Å². The molecule has 0 aliphatic heterocycles. The highest BCUT2D eigenvalue weighted by molar-refractivity contribution is 5.85. The van der Waals surface area contributed by atoms with Crippen molar-refractivity contribution in [2.45, 2.75) is 19.4 Å². The van der Waals surface area contributed by atoms with E-state index < -0.39 is 12.0 Å². The summed E-state index contributed by atoms with van der Waals surface area (Å²) in [7, 11) is 0. The van der Waals surface area contributed by atoms with Crippen molar-refractivity contribution >= 4 is 16.9 Å². The van der Waals surface area contributed by atoms with Gasteiger partial charge in [0.05, 0.1) is 6.61 Å². The van der Waals surface area contributed by atoms with Gasteiger partial charge in [-0.25, -0.2) is 0 Å². The number of hydrogen-bond acceptors (Lipinski definition) is 4. The van der Waals surface area contributed by atoms with E-state index in [0.717, 1.165) is 16.5 Å². The average molecular weight is 248 g/mol. The van der Waals surface area contributed by atoms with Gasteiger partial charge in [-0.1, -0.05) is 0 Å². The van der Waals surface area contributed by atoms with Gasteiger partial charge in [-0.05, 0) is 30.7 Å². The average Bonchev–Trinajstić information content (AvgIpc) is 2.72. The van der Waals surface area contributed by atoms with E-state index in [1.807, 2.05) is 0 Å². The van der Waals surface area contributed by atoms with Crippen molar-refractivity contribution in [3.8, 4) is 5.75 Å². The van der Waals surface area contributed by atoms with Gasteiger partial charge in [0.25, 0.3) is 0 Å². The van der Waals surface area contributed by atoms with Gasteiger partial charge in [0.15, 0.2) is 0 Å². The maximum absolute atomic E-state index is 11.5. The molecule has 2 aromatic rings. The van der Waals surface area contributed by atoms with Crippen LogP contribution in [0.25, 0.3) is 10.9 Å². The number of nitrogens with two attached hydrogens (primary N) is 1. The summed E-state index contributed by atoms with van der Waals surface area (Å²) in [4.78, 5) is 14.5. The number of aromatic hydroxyl groups is 1. The van der Waals surface area contributed by atoms with Crippen LogP contribution in [-0.2, 0) is 16.0 Å². The van der Waals surface area contributed by atoms with Crippen LogP contribution in [0, 0.1) is 0 Å². The number of ether oxygens (including phenoxy) is 1. The predicted molar refractivity (Wildman–Crippen MR) is 68.3 cm³/mol. The highest BCUT2D eigenvalue weighted by Gasteiger charge is 2.17. The van der Waals surface area contributed by atoms with Gasteiger partial charge in [-0.15, -0.1) is 0 Å². The second-order valence-corrected chi connectivity index (χ2v) is 4.11. The first kappa shape index (κ1) is 12.4. The van der Waals surface area contributed by atoms with Gasteiger partial charge < -0.3 is 20.6 Å². The van der Waals surface area contributed by atoms with Gasteiger partial charge in [0.1, 0.15) is 11.8 Å². The highest BCUT2D eigenvalue weighted by atomic mass is 16.5. The number of rotatable bonds is 4. The van der Waals surface area contributed by atoms with Crippen molar-refractivity contribution < 1.29 is 14.6 Å². The third kappa shape index (κ3) is 2.46. The van der Waals surface area contributed by atoms with Crippen LogP contribution in [0.2, 0.25) is 0 Å². The highest BCUT2D eigenvalue weighted by Crippen LogP contribution is 2.23. The van der Waals surface area contributed by atoms with Crippen LogP contribution >= 0.6 is 0 Å². The summed E-state index contributed by atoms with van der Waals surface area (Å²) < 4.78 is 4.86. The Labute approximate surface area is 105 Å². The molecule has 2 rings (SSSR count). The van der Waals surface area contributed by atoms with Gasteiger partial charge in [-0.3, -0.25) is 4.79 Å². The molecule has 0 fully saturated rings. The van der Waals surface area contributed by atoms with Crippen molar-refractivity contribution in [1.82, 2.24) is 4.98 Å². The van der Waals surface area contributed by atoms with E-state index in [-0.39, 0.29) is 5.75 Å². The number of fused-ring (bicyclic) bond motifs is 1. The second kappa shape index (κ2) is 5.10. The topological polar surface area (TPSA) is 88.3 Å². The SMILES string of the molecule is CCOC(=O)[C@H](N)Cc1c[nH]c2ccc(O)cc12. The summed E-state index contributed by atoms with van der Waals surface area (Å²) in [6, 6.07) is 4.35. The smallest absolute Gasteiger partial charge is 0.323 e. The summed E-state index contributed by atoms with van der Waals surface area (Å²) >= 11 is 0. The van der Waals surface area contributed by atoms with Crippen molar-refractivity contribution in [3.05, 3.63) is 30.0 Å². The van der Waals surface area contributed by atoms with E-state index >= 15 is 0 Å². The fourth-order valence-electron chi connectivity index (χ4n) is 1.90. The third-order valence-corrected chi connectivity index (χ3v) is 2.78. The lowest BCUT2D eigenvalue weighted by molar-refractivity contribution is -0.144. The van der Waals surface area contributed by atoms with Crippen molar-refractivity contribution in [2.24, 2.45) is 5.73 Å². The molecule has 5 nitrogen and oxygen atoms in total. The van der Waals surface area contributed by atoms with Gasteiger partial charge in [-0.2, -0.15) is 0 Å². The zero-order valence-corrected chi connectivity index (χ0v) is 10.1. The summed E-state index contributed by atoms with van der Waals surface area (Å²) in [5.74, 6) is -0.222. The normalized spacial score (nSPS) is 12.6. The van der Waals surface area contributed by atoms with Gasteiger partial charge >= 0.3 is 5.97 Å². The lowest BCUT2D eigenvalue weighted by Gasteiger charge is -2.09. The Morgan fingerprint density at radius 1 is 1.56 bits per heavy atom. The van der Waals surface area contributed by atoms with Crippen LogP contribution < -0.4 is 5.73 Å². The molecule has 0 radical (unpaired) electrons. The number of phenols is 1. The third-order valence-electron chi connectivity index (χ3n) is 2.78. The van der Waals surface area contributed by atoms with E-state index in [1.54, 1.807) is 31.3 Å². The number of phenolic OH excluding ortho intramolecular Hbond substituents is 1. The lowest BCUT2D eigenvalue weighted by atomic mass is 10.1. The number of benzene rings is 1. The van der Waals surface area contributed by atoms with Crippen LogP contribution in [0.3, 0.4) is 0 Å². The van der Waals surface area contributed by atoms with Crippen LogP contribution in [0.1, 0.15) is 12.5 Å². The molecule has 1 aromatic carbocycles. The molecule has 1 aromatic heterocycles. The maximum Gasteiger partial charge on any atom is 0.323 e. The second-order valence-electron chi connectivity index (χ2n) is 4.11. The standard InChI is InChI=1S/C13H16N2O3/c1-2-18-13(17)11(14)5-8-7-15-12-4-3-9(16)6-10(8)12/h3-4,6-7,11,15-16H,2,5,14H2,1H3/t11-/m1/s1. The molecule has 0 saturated heterocycles. The molecule has 1 heterocycles. The van der Waals surface area contributed by atoms with Gasteiger partial charge in [0, 0.05) is 23.5 Å². The Hall–Kier alpha value is -2.01. The zero-order valence-electron chi connectivity index (χ0n) is 10.1. The quantitative estimate of drug-likeness (QED) is 0.712. The number of carbonyl (C=O) groups is 1. The van der Waals surface area contributed by atoms with Crippen molar-refractivity contribution in [3.63, 3.8) is 0 Å². The van der Waals surface area contributed by atoms with E-state index in [2.05, 4.69) is 4.98 Å². The molecule has 18 heavy (non-hydrogen) atoms. The molecule has 96 valence electrons. The molecule has 5 heteroatoms. The van der Waals surface area contributed by atoms with E-state index in [9.17, 15) is 9.90 Å². The van der Waals surface area contributed by atoms with Crippen molar-refractivity contribution in [1.29, 1.82) is 0 Å². The zero-order chi connectivity index (χ0) is 13.1. The minimum atomic E-state index is -0.689. The van der Waals surface area contributed by atoms with Crippen molar-refractivity contribution in [2.75, 3.05) is 6.61 Å². The summed E-state index contributed by atoms with van der Waals surface area (Å²) in [6.07, 6.45) is 2.17. The molecule has 0 saturated carbocycles. The number of hydrogen-bond donors (Lipinski definition) is 3. The minimum absolute atomic E-state index is 0.188. The molecular weight excluding hydrogens is 232 g/mol. The Morgan fingerprint density at radius 2 is 2.33 bits per heavy atom. The molecule has 0 spiro atoms. The first-order chi connectivity index (χ1) is 8.61. The maximum atomic E-state index is 11.5. The lowest BCUT2D eigenvalue weighted by Crippen LogP contribution is -2.34. The Morgan fingerprint density at radius 3 is 3.06 bits per heavy atom. The number of aromatic amines is 1. The summed E-state index contributed by atoms with van der Waals surface area (Å²) in [6.45, 7) is 2.07. The van der Waals surface area contributed by atoms with Crippen LogP contribution in [0.5, 0.6) is 5.75 Å².